The van der Waals surface area contributed by atoms with Gasteiger partial charge >= 0.3 is 5.97 Å². The van der Waals surface area contributed by atoms with Gasteiger partial charge in [0.25, 0.3) is 5.91 Å². The van der Waals surface area contributed by atoms with Crippen molar-refractivity contribution < 1.29 is 24.2 Å². The molecule has 3 aromatic rings. The number of ether oxygens (including phenoxy) is 2. The van der Waals surface area contributed by atoms with E-state index in [-0.39, 0.29) is 11.5 Å². The van der Waals surface area contributed by atoms with E-state index in [0.29, 0.717) is 34.9 Å². The van der Waals surface area contributed by atoms with Gasteiger partial charge in [0.15, 0.2) is 11.5 Å². The molecule has 1 amide bonds. The van der Waals surface area contributed by atoms with Crippen molar-refractivity contribution in [2.75, 3.05) is 46.9 Å². The Morgan fingerprint density at radius 1 is 0.929 bits per heavy atom. The largest absolute Gasteiger partial charge is 0.493 e. The maximum Gasteiger partial charge on any atom is 0.338 e. The molecule has 1 N–H and O–H groups in total. The maximum atomic E-state index is 13.6. The van der Waals surface area contributed by atoms with Crippen LogP contribution >= 0.6 is 0 Å². The fourth-order valence-electron chi connectivity index (χ4n) is 7.30. The molecule has 2 aromatic carbocycles. The zero-order valence-corrected chi connectivity index (χ0v) is 24.9. The summed E-state index contributed by atoms with van der Waals surface area (Å²) in [6, 6.07) is 11.3. The summed E-state index contributed by atoms with van der Waals surface area (Å²) in [4.78, 5) is 31.0. The van der Waals surface area contributed by atoms with E-state index in [1.807, 2.05) is 48.2 Å². The van der Waals surface area contributed by atoms with Crippen LogP contribution in [-0.2, 0) is 13.0 Å². The quantitative estimate of drug-likeness (QED) is 0.389. The molecule has 1 aromatic heterocycles. The number of carbonyl (C=O) groups excluding carboxylic acids is 1. The average Bonchev–Trinajstić information content (AvgIpc) is 3.33. The van der Waals surface area contributed by atoms with Crippen LogP contribution in [0.2, 0.25) is 0 Å². The number of carboxylic acid groups (broad SMARTS) is 1. The van der Waals surface area contributed by atoms with Gasteiger partial charge in [-0.15, -0.1) is 0 Å². The number of hydrogen-bond acceptors (Lipinski definition) is 5. The first-order valence-electron chi connectivity index (χ1n) is 15.2. The minimum atomic E-state index is -0.990. The summed E-state index contributed by atoms with van der Waals surface area (Å²) in [5.41, 5.74) is 5.67. The lowest BCUT2D eigenvalue weighted by atomic mass is 9.89. The van der Waals surface area contributed by atoms with E-state index in [1.165, 1.54) is 32.1 Å². The molecule has 1 saturated carbocycles. The van der Waals surface area contributed by atoms with Gasteiger partial charge in [0.2, 0.25) is 0 Å². The number of benzene rings is 2. The molecule has 222 valence electrons. The first-order chi connectivity index (χ1) is 20.4. The predicted molar refractivity (Wildman–Crippen MR) is 163 cm³/mol. The molecule has 6 rings (SSSR count). The standard InChI is InChI=1S/C34H41N3O5/c1-22-30(31(34(39)40)32-27-20-29(42-3)28(41-2)19-24(27)12-13-37(22)32)25-10-7-11-26(18-25)33(38)36-16-14-35(15-17-36)21-23-8-5-4-6-9-23/h7,10-11,18-20,23H,4-6,8-9,12-17,21H2,1-3H3,(H,39,40). The molecule has 2 fully saturated rings. The van der Waals surface area contributed by atoms with Crippen molar-refractivity contribution in [1.82, 2.24) is 14.4 Å². The number of aromatic carboxylic acids is 1. The van der Waals surface area contributed by atoms with E-state index in [1.54, 1.807) is 14.2 Å². The zero-order valence-electron chi connectivity index (χ0n) is 24.9. The summed E-state index contributed by atoms with van der Waals surface area (Å²) in [5.74, 6) is 1.01. The van der Waals surface area contributed by atoms with E-state index in [9.17, 15) is 14.7 Å². The number of hydrogen-bond donors (Lipinski definition) is 1. The number of amides is 1. The Morgan fingerprint density at radius 2 is 1.64 bits per heavy atom. The molecule has 0 unspecified atom stereocenters. The number of nitrogens with zero attached hydrogens (tertiary/aromatic N) is 3. The Balaban J connectivity index is 1.28. The molecule has 8 heteroatoms. The van der Waals surface area contributed by atoms with Crippen molar-refractivity contribution in [3.8, 4) is 33.9 Å². The van der Waals surface area contributed by atoms with Crippen LogP contribution in [0.5, 0.6) is 11.5 Å². The van der Waals surface area contributed by atoms with Crippen molar-refractivity contribution in [3.63, 3.8) is 0 Å². The Kier molecular flexibility index (Phi) is 7.99. The summed E-state index contributed by atoms with van der Waals surface area (Å²) < 4.78 is 13.2. The number of aromatic nitrogens is 1. The van der Waals surface area contributed by atoms with Gasteiger partial charge in [0.1, 0.15) is 0 Å². The Morgan fingerprint density at radius 3 is 2.33 bits per heavy atom. The van der Waals surface area contributed by atoms with Crippen LogP contribution in [0.4, 0.5) is 0 Å². The third kappa shape index (κ3) is 5.17. The molecule has 1 aliphatic carbocycles. The molecular weight excluding hydrogens is 530 g/mol. The molecule has 0 bridgehead atoms. The second-order valence-electron chi connectivity index (χ2n) is 11.9. The lowest BCUT2D eigenvalue weighted by molar-refractivity contribution is 0.0605. The van der Waals surface area contributed by atoms with Crippen molar-refractivity contribution in [3.05, 3.63) is 58.8 Å². The van der Waals surface area contributed by atoms with Gasteiger partial charge in [-0.3, -0.25) is 9.69 Å². The third-order valence-electron chi connectivity index (χ3n) is 9.51. The minimum absolute atomic E-state index is 0.00911. The number of fused-ring (bicyclic) bond motifs is 3. The van der Waals surface area contributed by atoms with E-state index in [2.05, 4.69) is 9.47 Å². The van der Waals surface area contributed by atoms with Crippen LogP contribution < -0.4 is 9.47 Å². The van der Waals surface area contributed by atoms with Crippen LogP contribution in [-0.4, -0.2) is 78.3 Å². The van der Waals surface area contributed by atoms with Crippen LogP contribution in [0, 0.1) is 12.8 Å². The van der Waals surface area contributed by atoms with Crippen molar-refractivity contribution >= 4 is 11.9 Å². The molecule has 1 saturated heterocycles. The Bertz CT molecular complexity index is 1500. The van der Waals surface area contributed by atoms with Gasteiger partial charge < -0.3 is 24.0 Å². The third-order valence-corrected chi connectivity index (χ3v) is 9.51. The fourth-order valence-corrected chi connectivity index (χ4v) is 7.30. The number of piperazine rings is 1. The number of methoxy groups -OCH3 is 2. The van der Waals surface area contributed by atoms with Gasteiger partial charge in [-0.05, 0) is 67.5 Å². The predicted octanol–water partition coefficient (Wildman–Crippen LogP) is 5.74. The van der Waals surface area contributed by atoms with Crippen molar-refractivity contribution in [2.24, 2.45) is 5.92 Å². The van der Waals surface area contributed by atoms with Crippen LogP contribution in [0.25, 0.3) is 22.4 Å². The SMILES string of the molecule is COc1cc2c(cc1OC)-c1c(C(=O)O)c(-c3cccc(C(=O)N4CCN(CC5CCCCC5)CC4)c3)c(C)n1CC2. The number of rotatable bonds is 7. The second kappa shape index (κ2) is 11.8. The monoisotopic (exact) mass is 571 g/mol. The number of carbonyl (C=O) groups is 2. The molecule has 42 heavy (non-hydrogen) atoms. The smallest absolute Gasteiger partial charge is 0.338 e. The van der Waals surface area contributed by atoms with Crippen LogP contribution in [0.15, 0.2) is 36.4 Å². The van der Waals surface area contributed by atoms with E-state index >= 15 is 0 Å². The fraction of sp³-hybridized carbons (Fsp3) is 0.471. The number of carboxylic acids is 1. The molecule has 8 nitrogen and oxygen atoms in total. The number of aryl methyl sites for hydroxylation is 1. The highest BCUT2D eigenvalue weighted by Crippen LogP contribution is 2.45. The minimum Gasteiger partial charge on any atom is -0.493 e. The topological polar surface area (TPSA) is 84.2 Å². The van der Waals surface area contributed by atoms with Gasteiger partial charge in [-0.25, -0.2) is 4.79 Å². The molecule has 2 aliphatic heterocycles. The summed E-state index contributed by atoms with van der Waals surface area (Å²) in [7, 11) is 3.19. The lowest BCUT2D eigenvalue weighted by Gasteiger charge is -2.37. The highest BCUT2D eigenvalue weighted by Gasteiger charge is 2.32. The molecule has 0 atom stereocenters. The molecule has 0 spiro atoms. The summed E-state index contributed by atoms with van der Waals surface area (Å²) in [6.45, 7) is 7.03. The van der Waals surface area contributed by atoms with Gasteiger partial charge in [-0.1, -0.05) is 31.4 Å². The zero-order chi connectivity index (χ0) is 29.4. The summed E-state index contributed by atoms with van der Waals surface area (Å²) >= 11 is 0. The van der Waals surface area contributed by atoms with Gasteiger partial charge in [0, 0.05) is 61.7 Å². The molecule has 0 radical (unpaired) electrons. The van der Waals surface area contributed by atoms with E-state index in [0.717, 1.165) is 67.4 Å². The summed E-state index contributed by atoms with van der Waals surface area (Å²) in [6.07, 6.45) is 7.49. The summed E-state index contributed by atoms with van der Waals surface area (Å²) in [5, 5.41) is 10.5. The highest BCUT2D eigenvalue weighted by molar-refractivity contribution is 6.05. The van der Waals surface area contributed by atoms with Crippen LogP contribution in [0.3, 0.4) is 0 Å². The first kappa shape index (κ1) is 28.3. The lowest BCUT2D eigenvalue weighted by Crippen LogP contribution is -2.49. The van der Waals surface area contributed by atoms with Crippen molar-refractivity contribution in [2.45, 2.75) is 52.0 Å². The first-order valence-corrected chi connectivity index (χ1v) is 15.2. The molecule has 3 heterocycles. The highest BCUT2D eigenvalue weighted by atomic mass is 16.5. The van der Waals surface area contributed by atoms with Crippen molar-refractivity contribution in [1.29, 1.82) is 0 Å². The van der Waals surface area contributed by atoms with E-state index in [4.69, 9.17) is 9.47 Å². The molecular formula is C34H41N3O5. The Hall–Kier alpha value is -3.78. The van der Waals surface area contributed by atoms with Gasteiger partial charge in [0.05, 0.1) is 25.5 Å². The maximum absolute atomic E-state index is 13.6. The van der Waals surface area contributed by atoms with Gasteiger partial charge in [-0.2, -0.15) is 0 Å². The second-order valence-corrected chi connectivity index (χ2v) is 11.9. The molecule has 3 aliphatic rings. The van der Waals surface area contributed by atoms with E-state index < -0.39 is 5.97 Å². The average molecular weight is 572 g/mol. The normalized spacial score (nSPS) is 17.5. The van der Waals surface area contributed by atoms with Crippen LogP contribution in [0.1, 0.15) is 64.1 Å². The Labute approximate surface area is 247 Å².